The first kappa shape index (κ1) is 46.9. The van der Waals surface area contributed by atoms with E-state index in [0.29, 0.717) is 49.6 Å². The molecule has 0 N–H and O–H groups in total. The van der Waals surface area contributed by atoms with Crippen LogP contribution in [0.1, 0.15) is 139 Å². The summed E-state index contributed by atoms with van der Waals surface area (Å²) in [7, 11) is 0. The Morgan fingerprint density at radius 1 is 0.515 bits per heavy atom. The van der Waals surface area contributed by atoms with Gasteiger partial charge in [-0.2, -0.15) is 0 Å². The summed E-state index contributed by atoms with van der Waals surface area (Å²) >= 11 is 0. The first-order valence-electron chi connectivity index (χ1n) is 26.4. The molecular formula is C54H72F4N4O6. The molecule has 12 rings (SSSR count). The fourth-order valence-electron chi connectivity index (χ4n) is 13.6. The summed E-state index contributed by atoms with van der Waals surface area (Å²) in [6, 6.07) is 11.1. The molecule has 6 heterocycles. The molecule has 4 saturated carbocycles. The SMILES string of the molecule is O=C(N1CC2(CC[C@@H](N3CCC(c4cc(F)ccc4OC4CCOCC4)CC3)C2)C1)C1(F)CC1.O=C(N1CC2(CC[C@H](N3CCC(c4cc(F)ccc4OC4CCOCC4)CC3)C2)C1)C1(F)CC1. The van der Waals surface area contributed by atoms with Crippen molar-refractivity contribution in [3.05, 3.63) is 59.2 Å². The number of nitrogens with zero attached hydrogens (tertiary/aromatic N) is 4. The Bertz CT molecular complexity index is 1980. The van der Waals surface area contributed by atoms with Crippen LogP contribution in [0.2, 0.25) is 0 Å². The van der Waals surface area contributed by atoms with Gasteiger partial charge in [-0.05, 0) is 164 Å². The van der Waals surface area contributed by atoms with Gasteiger partial charge in [0.15, 0.2) is 11.3 Å². The highest BCUT2D eigenvalue weighted by molar-refractivity contribution is 5.89. The molecule has 68 heavy (non-hydrogen) atoms. The molecule has 6 aliphatic heterocycles. The highest BCUT2D eigenvalue weighted by Gasteiger charge is 2.60. The van der Waals surface area contributed by atoms with E-state index in [2.05, 4.69) is 9.80 Å². The first-order valence-corrected chi connectivity index (χ1v) is 26.4. The fourth-order valence-corrected chi connectivity index (χ4v) is 13.6. The van der Waals surface area contributed by atoms with Crippen molar-refractivity contribution in [2.75, 3.05) is 78.8 Å². The summed E-state index contributed by atoms with van der Waals surface area (Å²) in [5.74, 6) is 1.38. The smallest absolute Gasteiger partial charge is 0.260 e. The number of benzene rings is 2. The number of alkyl halides is 2. The molecule has 4 aliphatic carbocycles. The Labute approximate surface area is 399 Å². The van der Waals surface area contributed by atoms with E-state index in [1.807, 2.05) is 0 Å². The number of carbonyl (C=O) groups excluding carboxylic acids is 2. The second-order valence-corrected chi connectivity index (χ2v) is 22.9. The molecule has 10 nitrogen and oxygen atoms in total. The minimum atomic E-state index is -1.54. The Balaban J connectivity index is 0.000000149. The highest BCUT2D eigenvalue weighted by atomic mass is 19.2. The van der Waals surface area contributed by atoms with Crippen LogP contribution in [0, 0.1) is 22.5 Å². The van der Waals surface area contributed by atoms with Crippen LogP contribution >= 0.6 is 0 Å². The highest BCUT2D eigenvalue weighted by Crippen LogP contribution is 2.53. The van der Waals surface area contributed by atoms with Gasteiger partial charge in [0, 0.05) is 85.9 Å². The lowest BCUT2D eigenvalue weighted by atomic mass is 9.77. The summed E-state index contributed by atoms with van der Waals surface area (Å²) in [6.07, 6.45) is 16.3. The molecule has 14 heteroatoms. The van der Waals surface area contributed by atoms with E-state index in [0.717, 1.165) is 191 Å². The van der Waals surface area contributed by atoms with E-state index < -0.39 is 11.3 Å². The summed E-state index contributed by atoms with van der Waals surface area (Å²) in [4.78, 5) is 33.3. The lowest BCUT2D eigenvalue weighted by Crippen LogP contribution is -2.60. The minimum Gasteiger partial charge on any atom is -0.490 e. The van der Waals surface area contributed by atoms with Crippen molar-refractivity contribution in [2.45, 2.75) is 163 Å². The normalized spacial score (nSPS) is 29.2. The molecule has 2 aromatic carbocycles. The minimum absolute atomic E-state index is 0.147. The van der Waals surface area contributed by atoms with Crippen LogP contribution in [0.25, 0.3) is 0 Å². The van der Waals surface area contributed by atoms with Crippen LogP contribution in [-0.4, -0.2) is 146 Å². The fraction of sp³-hybridized carbons (Fsp3) is 0.741. The van der Waals surface area contributed by atoms with E-state index in [1.54, 1.807) is 34.1 Å². The molecule has 0 bridgehead atoms. The van der Waals surface area contributed by atoms with Gasteiger partial charge in [0.05, 0.1) is 26.4 Å². The molecule has 10 aliphatic rings. The maximum Gasteiger partial charge on any atom is 0.260 e. The van der Waals surface area contributed by atoms with Gasteiger partial charge in [-0.15, -0.1) is 0 Å². The molecule has 0 unspecified atom stereocenters. The number of carbonyl (C=O) groups is 2. The number of likely N-dealkylation sites (tertiary alicyclic amines) is 4. The number of halogens is 4. The zero-order valence-electron chi connectivity index (χ0n) is 39.9. The van der Waals surface area contributed by atoms with E-state index in [-0.39, 0.29) is 46.5 Å². The van der Waals surface area contributed by atoms with Crippen LogP contribution in [0.3, 0.4) is 0 Å². The molecule has 0 aromatic heterocycles. The monoisotopic (exact) mass is 949 g/mol. The van der Waals surface area contributed by atoms with E-state index in [9.17, 15) is 27.2 Å². The lowest BCUT2D eigenvalue weighted by Gasteiger charge is -2.49. The topological polar surface area (TPSA) is 84.0 Å². The predicted molar refractivity (Wildman–Crippen MR) is 248 cm³/mol. The van der Waals surface area contributed by atoms with Gasteiger partial charge in [0.2, 0.25) is 0 Å². The van der Waals surface area contributed by atoms with Gasteiger partial charge < -0.3 is 38.5 Å². The van der Waals surface area contributed by atoms with Crippen molar-refractivity contribution in [1.29, 1.82) is 0 Å². The van der Waals surface area contributed by atoms with Crippen LogP contribution < -0.4 is 9.47 Å². The van der Waals surface area contributed by atoms with Crippen LogP contribution in [0.5, 0.6) is 11.5 Å². The number of piperidine rings is 2. The first-order chi connectivity index (χ1) is 32.9. The average Bonchev–Trinajstić information content (AvgIpc) is 4.16. The van der Waals surface area contributed by atoms with Crippen LogP contribution in [-0.2, 0) is 19.1 Å². The van der Waals surface area contributed by atoms with Crippen molar-refractivity contribution in [1.82, 2.24) is 19.6 Å². The predicted octanol–water partition coefficient (Wildman–Crippen LogP) is 8.89. The Morgan fingerprint density at radius 2 is 0.882 bits per heavy atom. The lowest BCUT2D eigenvalue weighted by molar-refractivity contribution is -0.151. The Kier molecular flexibility index (Phi) is 13.1. The third-order valence-corrected chi connectivity index (χ3v) is 18.0. The molecular weight excluding hydrogens is 877 g/mol. The van der Waals surface area contributed by atoms with Gasteiger partial charge in [-0.1, -0.05) is 0 Å². The van der Waals surface area contributed by atoms with Gasteiger partial charge in [-0.3, -0.25) is 9.59 Å². The van der Waals surface area contributed by atoms with E-state index in [4.69, 9.17) is 18.9 Å². The molecule has 6 saturated heterocycles. The van der Waals surface area contributed by atoms with Crippen molar-refractivity contribution in [3.8, 4) is 11.5 Å². The Morgan fingerprint density at radius 3 is 1.24 bits per heavy atom. The number of rotatable bonds is 10. The second kappa shape index (κ2) is 18.9. The summed E-state index contributed by atoms with van der Waals surface area (Å²) < 4.78 is 80.1. The van der Waals surface area contributed by atoms with Gasteiger partial charge >= 0.3 is 0 Å². The second-order valence-electron chi connectivity index (χ2n) is 22.9. The third-order valence-electron chi connectivity index (χ3n) is 18.0. The molecule has 0 radical (unpaired) electrons. The third kappa shape index (κ3) is 9.92. The molecule has 2 amide bonds. The summed E-state index contributed by atoms with van der Waals surface area (Å²) in [6.45, 7) is 9.88. The number of hydrogen-bond donors (Lipinski definition) is 0. The molecule has 372 valence electrons. The van der Waals surface area contributed by atoms with Crippen LogP contribution in [0.15, 0.2) is 36.4 Å². The number of ether oxygens (including phenoxy) is 4. The molecule has 10 fully saturated rings. The van der Waals surface area contributed by atoms with Gasteiger partial charge in [0.25, 0.3) is 11.8 Å². The van der Waals surface area contributed by atoms with Crippen molar-refractivity contribution < 1.29 is 46.1 Å². The van der Waals surface area contributed by atoms with Crippen molar-refractivity contribution >= 4 is 11.8 Å². The average molecular weight is 949 g/mol. The maximum absolute atomic E-state index is 14.2. The Hall–Kier alpha value is -3.46. The number of hydrogen-bond acceptors (Lipinski definition) is 8. The van der Waals surface area contributed by atoms with Crippen LogP contribution in [0.4, 0.5) is 17.6 Å². The van der Waals surface area contributed by atoms with E-state index >= 15 is 0 Å². The van der Waals surface area contributed by atoms with Gasteiger partial charge in [-0.25, -0.2) is 17.6 Å². The largest absolute Gasteiger partial charge is 0.490 e. The quantitative estimate of drug-likeness (QED) is 0.219. The standard InChI is InChI=1S/2C27H36F2N2O3/c2*28-20-1-2-24(34-22-6-13-33-14-7-22)23(15-20)19-4-11-30(12-5-19)21-3-8-26(16-21)17-31(18-26)25(32)27(29)9-10-27/h2*1-2,15,19,21-22H,3-14,16-18H2/t2*21-/m10/s1. The zero-order valence-corrected chi connectivity index (χ0v) is 39.9. The van der Waals surface area contributed by atoms with Gasteiger partial charge in [0.1, 0.15) is 35.3 Å². The molecule has 2 atom stereocenters. The molecule has 2 aromatic rings. The van der Waals surface area contributed by atoms with Crippen molar-refractivity contribution in [3.63, 3.8) is 0 Å². The zero-order chi connectivity index (χ0) is 46.7. The van der Waals surface area contributed by atoms with E-state index in [1.165, 1.54) is 12.1 Å². The molecule has 2 spiro atoms. The summed E-state index contributed by atoms with van der Waals surface area (Å²) in [5, 5.41) is 0. The van der Waals surface area contributed by atoms with Crippen molar-refractivity contribution in [2.24, 2.45) is 10.8 Å². The number of amides is 2. The summed E-state index contributed by atoms with van der Waals surface area (Å²) in [5.41, 5.74) is -0.632. The maximum atomic E-state index is 14.2.